The zero-order chi connectivity index (χ0) is 25.7. The van der Waals surface area contributed by atoms with Crippen molar-refractivity contribution in [3.8, 4) is 34.1 Å². The van der Waals surface area contributed by atoms with E-state index in [0.29, 0.717) is 28.6 Å². The number of aromatic nitrogens is 4. The van der Waals surface area contributed by atoms with Gasteiger partial charge in [-0.25, -0.2) is 18.7 Å². The predicted molar refractivity (Wildman–Crippen MR) is 135 cm³/mol. The maximum atomic E-state index is 15.8. The maximum Gasteiger partial charge on any atom is 0.250 e. The number of nitrogens with one attached hydrogen (secondary N) is 1. The zero-order valence-electron chi connectivity index (χ0n) is 20.9. The van der Waals surface area contributed by atoms with E-state index in [9.17, 15) is 9.50 Å². The number of rotatable bonds is 6. The lowest BCUT2D eigenvalue weighted by Crippen LogP contribution is -2.69. The predicted octanol–water partition coefficient (Wildman–Crippen LogP) is 4.43. The molecule has 2 bridgehead atoms. The molecule has 1 saturated carbocycles. The lowest BCUT2D eigenvalue weighted by atomic mass is 9.73. The van der Waals surface area contributed by atoms with Crippen molar-refractivity contribution in [2.24, 2.45) is 0 Å². The number of alkyl halides is 1. The molecule has 0 radical (unpaired) electrons. The number of phenolic OH excluding ortho intramolecular Hbond substituents is 1. The average Bonchev–Trinajstić information content (AvgIpc) is 3.73. The highest BCUT2D eigenvalue weighted by Gasteiger charge is 2.52. The van der Waals surface area contributed by atoms with E-state index in [0.717, 1.165) is 38.5 Å². The SMILES string of the molecule is COc1ncc(-c2ccc(-c3ncc(N(C4CC4)[C@@H]4C[C@@H]5CCC[C@](C)(N5)[C@@H]4F)nn3)c(O)c2)cc1F. The standard InChI is InChI=1S/C27H30F2N6O2/c1-27-9-3-4-17(32-27)12-21(24(27)29)35(18-6-7-18)23-14-30-25(34-33-23)19-8-5-15(11-22(19)36)16-10-20(28)26(37-2)31-13-16/h5,8,10-11,13-14,17-18,21,24,32,36H,3-4,6-7,9,12H2,1-2H3/t17-,21+,24+,27-/m0/s1. The number of nitrogens with zero attached hydrogens (tertiary/aromatic N) is 5. The molecule has 3 fully saturated rings. The summed E-state index contributed by atoms with van der Waals surface area (Å²) in [6.45, 7) is 2.00. The Morgan fingerprint density at radius 2 is 1.95 bits per heavy atom. The van der Waals surface area contributed by atoms with E-state index in [-0.39, 0.29) is 29.5 Å². The molecule has 3 aromatic rings. The number of halogens is 2. The van der Waals surface area contributed by atoms with Gasteiger partial charge < -0.3 is 20.1 Å². The number of benzene rings is 1. The fourth-order valence-electron chi connectivity index (χ4n) is 5.94. The fraction of sp³-hybridized carbons (Fsp3) is 0.481. The van der Waals surface area contributed by atoms with Crippen LogP contribution in [0.3, 0.4) is 0 Å². The van der Waals surface area contributed by atoms with Gasteiger partial charge in [0.15, 0.2) is 17.5 Å². The molecule has 2 N–H and O–H groups in total. The molecular weight excluding hydrogens is 478 g/mol. The van der Waals surface area contributed by atoms with Crippen LogP contribution >= 0.6 is 0 Å². The second kappa shape index (κ2) is 9.16. The normalized spacial score (nSPS) is 27.1. The van der Waals surface area contributed by atoms with Crippen molar-refractivity contribution in [3.05, 3.63) is 42.5 Å². The lowest BCUT2D eigenvalue weighted by molar-refractivity contribution is 0.0385. The Bertz CT molecular complexity index is 1300. The maximum absolute atomic E-state index is 15.8. The minimum absolute atomic E-state index is 0.0646. The molecule has 8 nitrogen and oxygen atoms in total. The van der Waals surface area contributed by atoms with Crippen LogP contribution in [0.1, 0.15) is 45.4 Å². The van der Waals surface area contributed by atoms with E-state index in [1.807, 2.05) is 6.92 Å². The first-order valence-electron chi connectivity index (χ1n) is 12.8. The molecule has 3 aliphatic rings. The molecule has 2 aromatic heterocycles. The zero-order valence-corrected chi connectivity index (χ0v) is 20.9. The summed E-state index contributed by atoms with van der Waals surface area (Å²) >= 11 is 0. The van der Waals surface area contributed by atoms with Crippen molar-refractivity contribution < 1.29 is 18.6 Å². The topological polar surface area (TPSA) is 96.3 Å². The smallest absolute Gasteiger partial charge is 0.250 e. The average molecular weight is 509 g/mol. The molecule has 194 valence electrons. The van der Waals surface area contributed by atoms with Crippen molar-refractivity contribution in [2.45, 2.75) is 75.3 Å². The molecule has 6 rings (SSSR count). The van der Waals surface area contributed by atoms with Crippen molar-refractivity contribution in [1.82, 2.24) is 25.5 Å². The van der Waals surface area contributed by atoms with Gasteiger partial charge in [0, 0.05) is 29.4 Å². The minimum Gasteiger partial charge on any atom is -0.507 e. The number of hydrogen-bond acceptors (Lipinski definition) is 8. The second-order valence-electron chi connectivity index (χ2n) is 10.6. The Balaban J connectivity index is 1.26. The van der Waals surface area contributed by atoms with Gasteiger partial charge in [-0.05, 0) is 69.2 Å². The highest BCUT2D eigenvalue weighted by molar-refractivity contribution is 5.72. The van der Waals surface area contributed by atoms with Crippen LogP contribution in [0.25, 0.3) is 22.5 Å². The number of anilines is 1. The first kappa shape index (κ1) is 24.0. The molecule has 37 heavy (non-hydrogen) atoms. The van der Waals surface area contributed by atoms with Crippen LogP contribution in [0, 0.1) is 5.82 Å². The van der Waals surface area contributed by atoms with E-state index in [1.54, 1.807) is 18.3 Å². The summed E-state index contributed by atoms with van der Waals surface area (Å²) in [5, 5.41) is 23.0. The van der Waals surface area contributed by atoms with Crippen LogP contribution in [0.15, 0.2) is 36.7 Å². The lowest BCUT2D eigenvalue weighted by Gasteiger charge is -2.52. The van der Waals surface area contributed by atoms with Gasteiger partial charge in [0.1, 0.15) is 11.9 Å². The highest BCUT2D eigenvalue weighted by Crippen LogP contribution is 2.43. The Labute approximate surface area is 214 Å². The van der Waals surface area contributed by atoms with E-state index in [1.165, 1.54) is 25.4 Å². The molecule has 0 amide bonds. The van der Waals surface area contributed by atoms with Gasteiger partial charge in [-0.15, -0.1) is 10.2 Å². The van der Waals surface area contributed by atoms with Gasteiger partial charge in [-0.3, -0.25) is 0 Å². The van der Waals surface area contributed by atoms with Gasteiger partial charge in [-0.1, -0.05) is 6.07 Å². The van der Waals surface area contributed by atoms with E-state index in [4.69, 9.17) is 4.74 Å². The van der Waals surface area contributed by atoms with Crippen LogP contribution in [-0.4, -0.2) is 62.2 Å². The molecule has 10 heteroatoms. The second-order valence-corrected chi connectivity index (χ2v) is 10.6. The fourth-order valence-corrected chi connectivity index (χ4v) is 5.94. The third kappa shape index (κ3) is 4.37. The number of aromatic hydroxyl groups is 1. The van der Waals surface area contributed by atoms with Gasteiger partial charge in [0.25, 0.3) is 0 Å². The number of methoxy groups -OCH3 is 1. The van der Waals surface area contributed by atoms with Crippen LogP contribution in [0.5, 0.6) is 11.6 Å². The number of pyridine rings is 1. The van der Waals surface area contributed by atoms with Crippen molar-refractivity contribution in [2.75, 3.05) is 12.0 Å². The van der Waals surface area contributed by atoms with Crippen molar-refractivity contribution >= 4 is 5.82 Å². The summed E-state index contributed by atoms with van der Waals surface area (Å²) in [6.07, 6.45) is 7.78. The summed E-state index contributed by atoms with van der Waals surface area (Å²) in [5.74, 6) is 0.0798. The molecule has 2 saturated heterocycles. The molecule has 4 atom stereocenters. The van der Waals surface area contributed by atoms with E-state index >= 15 is 4.39 Å². The van der Waals surface area contributed by atoms with Crippen LogP contribution in [-0.2, 0) is 0 Å². The number of fused-ring (bicyclic) bond motifs is 2. The number of ether oxygens (including phenoxy) is 1. The highest BCUT2D eigenvalue weighted by atomic mass is 19.1. The van der Waals surface area contributed by atoms with Gasteiger partial charge in [-0.2, -0.15) is 0 Å². The first-order valence-corrected chi connectivity index (χ1v) is 12.8. The Hall–Kier alpha value is -3.40. The van der Waals surface area contributed by atoms with Crippen LogP contribution in [0.2, 0.25) is 0 Å². The third-order valence-electron chi connectivity index (χ3n) is 7.94. The number of hydrogen-bond donors (Lipinski definition) is 2. The Morgan fingerprint density at radius 1 is 1.11 bits per heavy atom. The number of piperidine rings is 2. The largest absolute Gasteiger partial charge is 0.507 e. The summed E-state index contributed by atoms with van der Waals surface area (Å²) in [7, 11) is 1.35. The first-order chi connectivity index (χ1) is 17.9. The molecule has 0 spiro atoms. The molecule has 4 heterocycles. The number of phenols is 1. The molecule has 1 aromatic carbocycles. The summed E-state index contributed by atoms with van der Waals surface area (Å²) in [5.41, 5.74) is 0.958. The van der Waals surface area contributed by atoms with Crippen LogP contribution < -0.4 is 15.0 Å². The monoisotopic (exact) mass is 508 g/mol. The molecule has 2 aliphatic heterocycles. The Morgan fingerprint density at radius 3 is 2.62 bits per heavy atom. The Kier molecular flexibility index (Phi) is 5.94. The molecule has 1 aliphatic carbocycles. The van der Waals surface area contributed by atoms with Gasteiger partial charge >= 0.3 is 0 Å². The van der Waals surface area contributed by atoms with Crippen LogP contribution in [0.4, 0.5) is 14.6 Å². The van der Waals surface area contributed by atoms with Crippen molar-refractivity contribution in [3.63, 3.8) is 0 Å². The molecular formula is C27H30F2N6O2. The minimum atomic E-state index is -1.01. The van der Waals surface area contributed by atoms with Gasteiger partial charge in [0.2, 0.25) is 5.88 Å². The quantitative estimate of drug-likeness (QED) is 0.505. The van der Waals surface area contributed by atoms with E-state index in [2.05, 4.69) is 30.4 Å². The third-order valence-corrected chi connectivity index (χ3v) is 7.94. The summed E-state index contributed by atoms with van der Waals surface area (Å²) in [4.78, 5) is 10.5. The van der Waals surface area contributed by atoms with E-state index < -0.39 is 17.5 Å². The molecule has 0 unspecified atom stereocenters. The van der Waals surface area contributed by atoms with Crippen molar-refractivity contribution in [1.29, 1.82) is 0 Å². The van der Waals surface area contributed by atoms with Gasteiger partial charge in [0.05, 0.1) is 24.9 Å². The summed E-state index contributed by atoms with van der Waals surface area (Å²) in [6, 6.07) is 6.49. The summed E-state index contributed by atoms with van der Waals surface area (Å²) < 4.78 is 34.8.